The Kier molecular flexibility index (Phi) is 10.4. The van der Waals surface area contributed by atoms with Crippen molar-refractivity contribution in [2.24, 2.45) is 4.99 Å². The molecule has 1 aromatic carbocycles. The zero-order chi connectivity index (χ0) is 22.2. The number of benzene rings is 1. The summed E-state index contributed by atoms with van der Waals surface area (Å²) in [6, 6.07) is 7.73. The third-order valence-electron chi connectivity index (χ3n) is 5.25. The topological polar surface area (TPSA) is 96.7 Å². The van der Waals surface area contributed by atoms with Gasteiger partial charge in [0.25, 0.3) is 5.91 Å². The van der Waals surface area contributed by atoms with Gasteiger partial charge in [-0.25, -0.2) is 0 Å². The quantitative estimate of drug-likeness (QED) is 0.309. The predicted molar refractivity (Wildman–Crippen MR) is 135 cm³/mol. The number of nitrogens with zero attached hydrogens (tertiary/aromatic N) is 5. The Morgan fingerprint density at radius 1 is 1.19 bits per heavy atom. The summed E-state index contributed by atoms with van der Waals surface area (Å²) in [6.07, 6.45) is 2.73. The number of amides is 1. The molecule has 1 saturated heterocycles. The van der Waals surface area contributed by atoms with Crippen molar-refractivity contribution < 1.29 is 9.53 Å². The maximum Gasteiger partial charge on any atom is 0.254 e. The molecule has 32 heavy (non-hydrogen) atoms. The zero-order valence-electron chi connectivity index (χ0n) is 19.2. The molecule has 0 saturated carbocycles. The highest BCUT2D eigenvalue weighted by Gasteiger charge is 2.26. The van der Waals surface area contributed by atoms with Gasteiger partial charge in [-0.15, -0.1) is 34.2 Å². The lowest BCUT2D eigenvalue weighted by Crippen LogP contribution is -2.48. The highest BCUT2D eigenvalue weighted by Crippen LogP contribution is 2.15. The summed E-state index contributed by atoms with van der Waals surface area (Å²) in [4.78, 5) is 18.9. The Hall–Kier alpha value is -2.21. The normalized spacial score (nSPS) is 18.8. The minimum absolute atomic E-state index is 0. The largest absolute Gasteiger partial charge is 0.372 e. The van der Waals surface area contributed by atoms with Gasteiger partial charge in [-0.1, -0.05) is 19.1 Å². The van der Waals surface area contributed by atoms with Crippen LogP contribution >= 0.6 is 24.0 Å². The van der Waals surface area contributed by atoms with Crippen molar-refractivity contribution >= 4 is 35.8 Å². The van der Waals surface area contributed by atoms with Gasteiger partial charge in [0.05, 0.1) is 12.2 Å². The summed E-state index contributed by atoms with van der Waals surface area (Å²) in [5.74, 6) is 1.75. The van der Waals surface area contributed by atoms with Crippen molar-refractivity contribution in [3.63, 3.8) is 0 Å². The van der Waals surface area contributed by atoms with Crippen LogP contribution in [0, 0.1) is 0 Å². The molecule has 2 unspecified atom stereocenters. The van der Waals surface area contributed by atoms with Gasteiger partial charge in [0.1, 0.15) is 12.2 Å². The zero-order valence-corrected chi connectivity index (χ0v) is 21.6. The van der Waals surface area contributed by atoms with Gasteiger partial charge in [0.2, 0.25) is 0 Å². The minimum atomic E-state index is 0. The van der Waals surface area contributed by atoms with Crippen LogP contribution in [-0.2, 0) is 24.2 Å². The van der Waals surface area contributed by atoms with Crippen LogP contribution in [-0.4, -0.2) is 70.4 Å². The predicted octanol–water partition coefficient (Wildman–Crippen LogP) is 2.07. The monoisotopic (exact) mass is 555 g/mol. The van der Waals surface area contributed by atoms with E-state index < -0.39 is 0 Å². The molecule has 1 amide bonds. The van der Waals surface area contributed by atoms with Crippen LogP contribution in [0.4, 0.5) is 0 Å². The van der Waals surface area contributed by atoms with Crippen molar-refractivity contribution in [3.05, 3.63) is 47.5 Å². The summed E-state index contributed by atoms with van der Waals surface area (Å²) in [5, 5.41) is 14.6. The van der Waals surface area contributed by atoms with Gasteiger partial charge in [-0.2, -0.15) is 0 Å². The molecule has 2 atom stereocenters. The molecule has 0 radical (unpaired) electrons. The molecule has 1 aromatic heterocycles. The van der Waals surface area contributed by atoms with Crippen molar-refractivity contribution in [2.45, 2.75) is 52.5 Å². The fraction of sp³-hybridized carbons (Fsp3) is 0.545. The van der Waals surface area contributed by atoms with E-state index in [0.29, 0.717) is 31.7 Å². The summed E-state index contributed by atoms with van der Waals surface area (Å²) in [5.41, 5.74) is 1.78. The number of morpholine rings is 1. The van der Waals surface area contributed by atoms with E-state index in [4.69, 9.17) is 4.74 Å². The lowest BCUT2D eigenvalue weighted by Gasteiger charge is -2.35. The number of hydrogen-bond donors (Lipinski definition) is 2. The first-order valence-corrected chi connectivity index (χ1v) is 10.8. The molecule has 0 aliphatic carbocycles. The number of aliphatic imine (C=N–C) groups is 1. The van der Waals surface area contributed by atoms with E-state index in [9.17, 15) is 4.79 Å². The third kappa shape index (κ3) is 7.16. The molecular weight excluding hydrogens is 521 g/mol. The standard InChI is InChI=1S/C22H33N7O2.HI/c1-5-20-27-26-15-28(20)11-10-24-22(23-4)25-12-18-6-8-19(9-7-18)21(30)29-13-16(2)31-17(3)14-29;/h6-9,15-17H,5,10-14H2,1-4H3,(H2,23,24,25);1H. The second kappa shape index (κ2) is 12.7. The fourth-order valence-corrected chi connectivity index (χ4v) is 3.73. The summed E-state index contributed by atoms with van der Waals surface area (Å²) in [6.45, 7) is 9.43. The van der Waals surface area contributed by atoms with Crippen LogP contribution in [0.3, 0.4) is 0 Å². The van der Waals surface area contributed by atoms with E-state index in [1.165, 1.54) is 0 Å². The lowest BCUT2D eigenvalue weighted by molar-refractivity contribution is -0.0586. The van der Waals surface area contributed by atoms with E-state index >= 15 is 0 Å². The van der Waals surface area contributed by atoms with Crippen LogP contribution in [0.25, 0.3) is 0 Å². The summed E-state index contributed by atoms with van der Waals surface area (Å²) in [7, 11) is 1.75. The van der Waals surface area contributed by atoms with Crippen molar-refractivity contribution in [1.82, 2.24) is 30.3 Å². The molecule has 1 fully saturated rings. The number of carbonyl (C=O) groups is 1. The number of guanidine groups is 1. The molecule has 0 spiro atoms. The van der Waals surface area contributed by atoms with Crippen molar-refractivity contribution in [2.75, 3.05) is 26.7 Å². The smallest absolute Gasteiger partial charge is 0.254 e. The van der Waals surface area contributed by atoms with E-state index in [1.54, 1.807) is 13.4 Å². The van der Waals surface area contributed by atoms with Gasteiger partial charge < -0.3 is 24.8 Å². The van der Waals surface area contributed by atoms with Crippen LogP contribution in [0.1, 0.15) is 42.5 Å². The third-order valence-corrected chi connectivity index (χ3v) is 5.25. The van der Waals surface area contributed by atoms with Gasteiger partial charge in [-0.3, -0.25) is 9.79 Å². The molecule has 2 heterocycles. The van der Waals surface area contributed by atoms with Gasteiger partial charge >= 0.3 is 0 Å². The maximum atomic E-state index is 12.8. The number of nitrogens with one attached hydrogen (secondary N) is 2. The number of halogens is 1. The van der Waals surface area contributed by atoms with Crippen LogP contribution < -0.4 is 10.6 Å². The van der Waals surface area contributed by atoms with E-state index in [0.717, 1.165) is 30.3 Å². The average molecular weight is 555 g/mol. The number of carbonyl (C=O) groups excluding carboxylic acids is 1. The first-order chi connectivity index (χ1) is 15.0. The molecule has 1 aliphatic rings. The van der Waals surface area contributed by atoms with Crippen molar-refractivity contribution in [1.29, 1.82) is 0 Å². The number of ether oxygens (including phenoxy) is 1. The Morgan fingerprint density at radius 2 is 1.88 bits per heavy atom. The number of rotatable bonds is 7. The molecule has 10 heteroatoms. The van der Waals surface area contributed by atoms with Gasteiger partial charge in [0, 0.05) is 51.8 Å². The minimum Gasteiger partial charge on any atom is -0.372 e. The molecule has 2 N–H and O–H groups in total. The number of aromatic nitrogens is 3. The summed E-state index contributed by atoms with van der Waals surface area (Å²) < 4.78 is 7.75. The Bertz CT molecular complexity index is 875. The number of hydrogen-bond acceptors (Lipinski definition) is 5. The first-order valence-electron chi connectivity index (χ1n) is 10.8. The second-order valence-electron chi connectivity index (χ2n) is 7.81. The van der Waals surface area contributed by atoms with Crippen LogP contribution in [0.15, 0.2) is 35.6 Å². The van der Waals surface area contributed by atoms with E-state index in [2.05, 4.69) is 32.7 Å². The van der Waals surface area contributed by atoms with Crippen LogP contribution in [0.2, 0.25) is 0 Å². The van der Waals surface area contributed by atoms with Gasteiger partial charge in [0.15, 0.2) is 5.96 Å². The highest BCUT2D eigenvalue weighted by atomic mass is 127. The Balaban J connectivity index is 0.00000363. The molecule has 1 aliphatic heterocycles. The lowest BCUT2D eigenvalue weighted by atomic mass is 10.1. The average Bonchev–Trinajstić information content (AvgIpc) is 3.22. The molecule has 9 nitrogen and oxygen atoms in total. The van der Waals surface area contributed by atoms with Crippen molar-refractivity contribution in [3.8, 4) is 0 Å². The molecule has 0 bridgehead atoms. The van der Waals surface area contributed by atoms with Gasteiger partial charge in [-0.05, 0) is 31.5 Å². The maximum absolute atomic E-state index is 12.8. The Morgan fingerprint density at radius 3 is 2.50 bits per heavy atom. The Labute approximate surface area is 207 Å². The fourth-order valence-electron chi connectivity index (χ4n) is 3.73. The van der Waals surface area contributed by atoms with Crippen LogP contribution in [0.5, 0.6) is 0 Å². The SMILES string of the molecule is CCc1nncn1CCNC(=NC)NCc1ccc(C(=O)N2CC(C)OC(C)C2)cc1.I. The number of aryl methyl sites for hydroxylation is 1. The van der Waals surface area contributed by atoms with E-state index in [1.807, 2.05) is 47.6 Å². The second-order valence-corrected chi connectivity index (χ2v) is 7.81. The highest BCUT2D eigenvalue weighted by molar-refractivity contribution is 14.0. The molecular formula is C22H34IN7O2. The first kappa shape index (κ1) is 26.0. The molecule has 176 valence electrons. The summed E-state index contributed by atoms with van der Waals surface area (Å²) >= 11 is 0. The molecule has 2 aromatic rings. The van der Waals surface area contributed by atoms with E-state index in [-0.39, 0.29) is 42.1 Å². The molecule has 3 rings (SSSR count).